The van der Waals surface area contributed by atoms with Crippen LogP contribution >= 0.6 is 0 Å². The molecule has 0 aliphatic rings. The summed E-state index contributed by atoms with van der Waals surface area (Å²) in [7, 11) is 0. The number of hydrogen-bond acceptors (Lipinski definition) is 3. The standard InChI is InChI=1S/C26H38N2O3/c1-4-5-6-7-8-14-27-17-21-11-9-12-22(16-21)26(31)24-19-28(15-10-13-25(29)30)18-23(24)20(2)3/h9,11-12,16,18-20,27H,4-8,10,13-15,17H2,1-3H3,(H,29,30). The van der Waals surface area contributed by atoms with Crippen LogP contribution in [0.1, 0.15) is 98.7 Å². The highest BCUT2D eigenvalue weighted by molar-refractivity contribution is 6.10. The van der Waals surface area contributed by atoms with Crippen molar-refractivity contribution in [2.45, 2.75) is 84.7 Å². The summed E-state index contributed by atoms with van der Waals surface area (Å²) in [6, 6.07) is 7.87. The van der Waals surface area contributed by atoms with Gasteiger partial charge in [0.15, 0.2) is 5.78 Å². The van der Waals surface area contributed by atoms with E-state index in [0.29, 0.717) is 24.1 Å². The van der Waals surface area contributed by atoms with Gasteiger partial charge in [0.05, 0.1) is 0 Å². The summed E-state index contributed by atoms with van der Waals surface area (Å²) in [4.78, 5) is 24.0. The summed E-state index contributed by atoms with van der Waals surface area (Å²) in [5.41, 5.74) is 3.54. The first-order valence-electron chi connectivity index (χ1n) is 11.7. The third-order valence-corrected chi connectivity index (χ3v) is 5.56. The number of aryl methyl sites for hydroxylation is 1. The molecule has 0 spiro atoms. The number of carbonyl (C=O) groups is 2. The number of ketones is 1. The summed E-state index contributed by atoms with van der Waals surface area (Å²) in [5, 5.41) is 12.3. The van der Waals surface area contributed by atoms with Crippen LogP contribution in [0.4, 0.5) is 0 Å². The van der Waals surface area contributed by atoms with Crippen molar-refractivity contribution in [3.63, 3.8) is 0 Å². The van der Waals surface area contributed by atoms with E-state index >= 15 is 0 Å². The molecule has 2 N–H and O–H groups in total. The lowest BCUT2D eigenvalue weighted by Gasteiger charge is -2.09. The Hall–Kier alpha value is -2.40. The molecule has 1 aromatic carbocycles. The quantitative estimate of drug-likeness (QED) is 0.280. The molecule has 0 saturated heterocycles. The average Bonchev–Trinajstić information content (AvgIpc) is 3.17. The molecule has 0 saturated carbocycles. The van der Waals surface area contributed by atoms with Crippen molar-refractivity contribution in [2.24, 2.45) is 0 Å². The summed E-state index contributed by atoms with van der Waals surface area (Å²) >= 11 is 0. The van der Waals surface area contributed by atoms with Gasteiger partial charge in [-0.3, -0.25) is 9.59 Å². The predicted octanol–water partition coefficient (Wildman–Crippen LogP) is 5.77. The fraction of sp³-hybridized carbons (Fsp3) is 0.538. The van der Waals surface area contributed by atoms with Crippen LogP contribution < -0.4 is 5.32 Å². The zero-order chi connectivity index (χ0) is 22.6. The van der Waals surface area contributed by atoms with Crippen LogP contribution in [-0.4, -0.2) is 28.0 Å². The SMILES string of the molecule is CCCCCCCNCc1cccc(C(=O)c2cn(CCCC(=O)O)cc2C(C)C)c1. The summed E-state index contributed by atoms with van der Waals surface area (Å²) in [6.45, 7) is 8.75. The van der Waals surface area contributed by atoms with E-state index in [-0.39, 0.29) is 18.1 Å². The molecule has 0 aliphatic carbocycles. The number of hydrogen-bond donors (Lipinski definition) is 2. The lowest BCUT2D eigenvalue weighted by molar-refractivity contribution is -0.137. The largest absolute Gasteiger partial charge is 0.481 e. The highest BCUT2D eigenvalue weighted by Crippen LogP contribution is 2.24. The van der Waals surface area contributed by atoms with Gasteiger partial charge in [-0.15, -0.1) is 0 Å². The third kappa shape index (κ3) is 8.33. The number of carboxylic acid groups (broad SMARTS) is 1. The number of nitrogens with one attached hydrogen (secondary N) is 1. The molecule has 0 amide bonds. The first-order valence-corrected chi connectivity index (χ1v) is 11.7. The zero-order valence-corrected chi connectivity index (χ0v) is 19.3. The summed E-state index contributed by atoms with van der Waals surface area (Å²) < 4.78 is 1.95. The lowest BCUT2D eigenvalue weighted by Crippen LogP contribution is -2.15. The van der Waals surface area contributed by atoms with Crippen LogP contribution in [0.25, 0.3) is 0 Å². The maximum absolute atomic E-state index is 13.3. The minimum atomic E-state index is -0.793. The molecule has 170 valence electrons. The molecule has 1 heterocycles. The number of aliphatic carboxylic acids is 1. The van der Waals surface area contributed by atoms with Gasteiger partial charge in [-0.25, -0.2) is 0 Å². The zero-order valence-electron chi connectivity index (χ0n) is 19.3. The Labute approximate surface area is 186 Å². The van der Waals surface area contributed by atoms with Crippen molar-refractivity contribution < 1.29 is 14.7 Å². The number of carbonyl (C=O) groups excluding carboxylic acids is 1. The van der Waals surface area contributed by atoms with Crippen LogP contribution in [0, 0.1) is 0 Å². The normalized spacial score (nSPS) is 11.2. The molecule has 2 rings (SSSR count). The smallest absolute Gasteiger partial charge is 0.303 e. The van der Waals surface area contributed by atoms with Crippen LogP contribution in [0.2, 0.25) is 0 Å². The third-order valence-electron chi connectivity index (χ3n) is 5.56. The minimum Gasteiger partial charge on any atom is -0.481 e. The minimum absolute atomic E-state index is 0.0297. The molecular weight excluding hydrogens is 388 g/mol. The van der Waals surface area contributed by atoms with Crippen molar-refractivity contribution in [3.05, 3.63) is 58.9 Å². The molecule has 5 heteroatoms. The predicted molar refractivity (Wildman–Crippen MR) is 126 cm³/mol. The van der Waals surface area contributed by atoms with E-state index in [4.69, 9.17) is 5.11 Å². The second kappa shape index (κ2) is 13.1. The second-order valence-corrected chi connectivity index (χ2v) is 8.64. The number of benzene rings is 1. The molecule has 1 aromatic heterocycles. The number of rotatable bonds is 15. The van der Waals surface area contributed by atoms with E-state index in [1.165, 1.54) is 32.1 Å². The van der Waals surface area contributed by atoms with Crippen molar-refractivity contribution >= 4 is 11.8 Å². The van der Waals surface area contributed by atoms with Gasteiger partial charge in [0.1, 0.15) is 0 Å². The topological polar surface area (TPSA) is 71.3 Å². The number of unbranched alkanes of at least 4 members (excludes halogenated alkanes) is 4. The summed E-state index contributed by atoms with van der Waals surface area (Å²) in [5.74, 6) is -0.543. The fourth-order valence-corrected chi connectivity index (χ4v) is 3.78. The first-order chi connectivity index (χ1) is 14.9. The molecule has 31 heavy (non-hydrogen) atoms. The Balaban J connectivity index is 2.01. The van der Waals surface area contributed by atoms with Crippen molar-refractivity contribution in [3.8, 4) is 0 Å². The van der Waals surface area contributed by atoms with E-state index in [2.05, 4.69) is 32.2 Å². The Morgan fingerprint density at radius 3 is 2.55 bits per heavy atom. The highest BCUT2D eigenvalue weighted by atomic mass is 16.4. The highest BCUT2D eigenvalue weighted by Gasteiger charge is 2.19. The van der Waals surface area contributed by atoms with Gasteiger partial charge in [0.2, 0.25) is 0 Å². The molecular formula is C26H38N2O3. The molecule has 0 fully saturated rings. The number of aromatic nitrogens is 1. The number of carboxylic acids is 1. The Bertz CT molecular complexity index is 839. The molecule has 0 radical (unpaired) electrons. The van der Waals surface area contributed by atoms with Crippen molar-refractivity contribution in [1.29, 1.82) is 0 Å². The van der Waals surface area contributed by atoms with E-state index < -0.39 is 5.97 Å². The second-order valence-electron chi connectivity index (χ2n) is 8.64. The van der Waals surface area contributed by atoms with Crippen molar-refractivity contribution in [2.75, 3.05) is 6.54 Å². The van der Waals surface area contributed by atoms with E-state index in [1.54, 1.807) is 0 Å². The van der Waals surface area contributed by atoms with Gasteiger partial charge in [-0.2, -0.15) is 0 Å². The van der Waals surface area contributed by atoms with E-state index in [1.807, 2.05) is 35.2 Å². The van der Waals surface area contributed by atoms with E-state index in [0.717, 1.165) is 24.2 Å². The van der Waals surface area contributed by atoms with Crippen LogP contribution in [0.3, 0.4) is 0 Å². The van der Waals surface area contributed by atoms with Crippen LogP contribution in [0.5, 0.6) is 0 Å². The lowest BCUT2D eigenvalue weighted by atomic mass is 9.95. The summed E-state index contributed by atoms with van der Waals surface area (Å²) in [6.07, 6.45) is 10.9. The Morgan fingerprint density at radius 1 is 1.06 bits per heavy atom. The molecule has 5 nitrogen and oxygen atoms in total. The average molecular weight is 427 g/mol. The molecule has 0 aliphatic heterocycles. The van der Waals surface area contributed by atoms with Gasteiger partial charge in [0, 0.05) is 43.0 Å². The molecule has 0 atom stereocenters. The maximum atomic E-state index is 13.3. The maximum Gasteiger partial charge on any atom is 0.303 e. The first kappa shape index (κ1) is 24.9. The Kier molecular flexibility index (Phi) is 10.5. The number of nitrogens with zero attached hydrogens (tertiary/aromatic N) is 1. The molecule has 0 unspecified atom stereocenters. The van der Waals surface area contributed by atoms with Gasteiger partial charge >= 0.3 is 5.97 Å². The van der Waals surface area contributed by atoms with Gasteiger partial charge in [0.25, 0.3) is 0 Å². The fourth-order valence-electron chi connectivity index (χ4n) is 3.78. The Morgan fingerprint density at radius 2 is 1.84 bits per heavy atom. The monoisotopic (exact) mass is 426 g/mol. The molecule has 2 aromatic rings. The van der Waals surface area contributed by atoms with E-state index in [9.17, 15) is 9.59 Å². The van der Waals surface area contributed by atoms with Crippen molar-refractivity contribution in [1.82, 2.24) is 9.88 Å². The van der Waals surface area contributed by atoms with Crippen LogP contribution in [-0.2, 0) is 17.9 Å². The van der Waals surface area contributed by atoms with Gasteiger partial charge in [-0.1, -0.05) is 64.7 Å². The van der Waals surface area contributed by atoms with Crippen LogP contribution in [0.15, 0.2) is 36.7 Å². The van der Waals surface area contributed by atoms with Gasteiger partial charge < -0.3 is 15.0 Å². The van der Waals surface area contributed by atoms with Gasteiger partial charge in [-0.05, 0) is 42.5 Å². The molecule has 0 bridgehead atoms.